The van der Waals surface area contributed by atoms with Crippen molar-refractivity contribution < 1.29 is 23.9 Å². The Morgan fingerprint density at radius 1 is 0.972 bits per heavy atom. The van der Waals surface area contributed by atoms with Gasteiger partial charge in [0.25, 0.3) is 5.91 Å². The van der Waals surface area contributed by atoms with E-state index in [4.69, 9.17) is 4.74 Å². The lowest BCUT2D eigenvalue weighted by Crippen LogP contribution is -2.56. The van der Waals surface area contributed by atoms with Crippen molar-refractivity contribution in [1.82, 2.24) is 15.1 Å². The zero-order valence-electron chi connectivity index (χ0n) is 20.1. The zero-order valence-corrected chi connectivity index (χ0v) is 20.1. The number of anilines is 1. The van der Waals surface area contributed by atoms with Gasteiger partial charge in [-0.2, -0.15) is 0 Å². The van der Waals surface area contributed by atoms with Crippen molar-refractivity contribution >= 4 is 29.3 Å². The van der Waals surface area contributed by atoms with Gasteiger partial charge in [-0.25, -0.2) is 0 Å². The van der Waals surface area contributed by atoms with Gasteiger partial charge in [0, 0.05) is 30.4 Å². The summed E-state index contributed by atoms with van der Waals surface area (Å²) in [5.41, 5.74) is 0.715. The van der Waals surface area contributed by atoms with E-state index in [0.29, 0.717) is 37.6 Å². The van der Waals surface area contributed by atoms with E-state index in [1.807, 2.05) is 55.5 Å². The Kier molecular flexibility index (Phi) is 5.42. The first-order valence-electron chi connectivity index (χ1n) is 12.4. The zero-order chi connectivity index (χ0) is 25.0. The highest BCUT2D eigenvalue weighted by Crippen LogP contribution is 2.54. The quantitative estimate of drug-likeness (QED) is 0.642. The van der Waals surface area contributed by atoms with Crippen molar-refractivity contribution in [2.45, 2.75) is 25.0 Å². The number of rotatable bonds is 4. The van der Waals surface area contributed by atoms with Crippen LogP contribution < -0.4 is 10.2 Å². The van der Waals surface area contributed by atoms with E-state index in [2.05, 4.69) is 5.32 Å². The average molecular weight is 489 g/mol. The van der Waals surface area contributed by atoms with Gasteiger partial charge < -0.3 is 14.5 Å². The molecule has 36 heavy (non-hydrogen) atoms. The molecule has 4 aliphatic heterocycles. The molecule has 4 amide bonds. The summed E-state index contributed by atoms with van der Waals surface area (Å²) in [6.07, 6.45) is 0. The van der Waals surface area contributed by atoms with Gasteiger partial charge in [-0.15, -0.1) is 0 Å². The number of hydrogen-bond acceptors (Lipinski definition) is 6. The Morgan fingerprint density at radius 3 is 2.42 bits per heavy atom. The topological polar surface area (TPSA) is 99.3 Å². The largest absolute Gasteiger partial charge is 0.378 e. The minimum atomic E-state index is -1.38. The lowest BCUT2D eigenvalue weighted by atomic mass is 9.76. The van der Waals surface area contributed by atoms with Crippen LogP contribution in [0.1, 0.15) is 18.1 Å². The van der Waals surface area contributed by atoms with Crippen LogP contribution in [0.25, 0.3) is 0 Å². The molecule has 0 radical (unpaired) electrons. The second kappa shape index (κ2) is 8.53. The molecule has 0 aromatic heterocycles. The molecule has 1 spiro atoms. The third kappa shape index (κ3) is 3.23. The van der Waals surface area contributed by atoms with Gasteiger partial charge in [-0.05, 0) is 18.6 Å². The van der Waals surface area contributed by atoms with Crippen LogP contribution in [0.2, 0.25) is 0 Å². The summed E-state index contributed by atoms with van der Waals surface area (Å²) in [4.78, 5) is 59.1. The fraction of sp³-hybridized carbons (Fsp3) is 0.407. The minimum absolute atomic E-state index is 0.124. The van der Waals surface area contributed by atoms with E-state index >= 15 is 0 Å². The van der Waals surface area contributed by atoms with Crippen LogP contribution >= 0.6 is 0 Å². The number of amides is 4. The number of para-hydroxylation sites is 1. The van der Waals surface area contributed by atoms with E-state index < -0.39 is 17.4 Å². The standard InChI is InChI=1S/C27H28N4O5/c1-17-22-23(25(34)31(24(22)33)15-18-7-3-2-4-8-18)27(28-17)19-9-5-6-10-20(19)30(26(27)35)16-21(32)29-11-13-36-14-12-29/h2-10,17,22-23,28H,11-16H2,1H3/t17-,22-,23+,27-/m0/s1. The first-order chi connectivity index (χ1) is 17.4. The molecular formula is C27H28N4O5. The number of imide groups is 1. The number of nitrogens with one attached hydrogen (secondary N) is 1. The highest BCUT2D eigenvalue weighted by Gasteiger charge is 2.70. The number of fused-ring (bicyclic) bond motifs is 4. The van der Waals surface area contributed by atoms with Crippen LogP contribution in [-0.2, 0) is 36.0 Å². The van der Waals surface area contributed by atoms with E-state index in [1.54, 1.807) is 11.0 Å². The van der Waals surface area contributed by atoms with E-state index in [1.165, 1.54) is 9.80 Å². The molecule has 3 fully saturated rings. The van der Waals surface area contributed by atoms with E-state index in [9.17, 15) is 19.2 Å². The third-order valence-electron chi connectivity index (χ3n) is 7.95. The van der Waals surface area contributed by atoms with Crippen molar-refractivity contribution in [2.24, 2.45) is 11.8 Å². The fourth-order valence-corrected chi connectivity index (χ4v) is 6.30. The van der Waals surface area contributed by atoms with E-state index in [-0.39, 0.29) is 42.8 Å². The second-order valence-electron chi connectivity index (χ2n) is 9.89. The summed E-state index contributed by atoms with van der Waals surface area (Å²) >= 11 is 0. The molecule has 6 rings (SSSR count). The Labute approximate surface area is 209 Å². The minimum Gasteiger partial charge on any atom is -0.378 e. The van der Waals surface area contributed by atoms with Crippen LogP contribution in [0, 0.1) is 11.8 Å². The first-order valence-corrected chi connectivity index (χ1v) is 12.4. The van der Waals surface area contributed by atoms with Crippen molar-refractivity contribution in [3.8, 4) is 0 Å². The molecule has 0 unspecified atom stereocenters. The molecule has 4 aliphatic rings. The molecule has 9 nitrogen and oxygen atoms in total. The van der Waals surface area contributed by atoms with Gasteiger partial charge in [0.1, 0.15) is 12.1 Å². The number of morpholine rings is 1. The maximum atomic E-state index is 14.2. The normalized spacial score (nSPS) is 29.3. The van der Waals surface area contributed by atoms with Crippen LogP contribution in [0.15, 0.2) is 54.6 Å². The predicted molar refractivity (Wildman–Crippen MR) is 129 cm³/mol. The highest BCUT2D eigenvalue weighted by molar-refractivity contribution is 6.17. The predicted octanol–water partition coefficient (Wildman–Crippen LogP) is 0.880. The molecule has 9 heteroatoms. The molecule has 2 aromatic carbocycles. The van der Waals surface area contributed by atoms with E-state index in [0.717, 1.165) is 5.56 Å². The number of carbonyl (C=O) groups excluding carboxylic acids is 4. The summed E-state index contributed by atoms with van der Waals surface area (Å²) < 4.78 is 5.35. The van der Waals surface area contributed by atoms with Gasteiger partial charge in [0.05, 0.1) is 31.6 Å². The van der Waals surface area contributed by atoms with Crippen molar-refractivity contribution in [1.29, 1.82) is 0 Å². The number of hydrogen-bond donors (Lipinski definition) is 1. The van der Waals surface area contributed by atoms with Crippen molar-refractivity contribution in [3.63, 3.8) is 0 Å². The smallest absolute Gasteiger partial charge is 0.253 e. The van der Waals surface area contributed by atoms with Crippen LogP contribution in [0.5, 0.6) is 0 Å². The molecule has 1 N–H and O–H groups in total. The highest BCUT2D eigenvalue weighted by atomic mass is 16.5. The third-order valence-corrected chi connectivity index (χ3v) is 7.95. The molecule has 186 valence electrons. The van der Waals surface area contributed by atoms with Gasteiger partial charge >= 0.3 is 0 Å². The molecular weight excluding hydrogens is 460 g/mol. The summed E-state index contributed by atoms with van der Waals surface area (Å²) in [7, 11) is 0. The maximum Gasteiger partial charge on any atom is 0.253 e. The monoisotopic (exact) mass is 488 g/mol. The van der Waals surface area contributed by atoms with Crippen LogP contribution in [0.3, 0.4) is 0 Å². The molecule has 4 atom stereocenters. The van der Waals surface area contributed by atoms with Crippen LogP contribution in [-0.4, -0.2) is 72.3 Å². The Hall–Kier alpha value is -3.56. The van der Waals surface area contributed by atoms with Gasteiger partial charge in [0.15, 0.2) is 0 Å². The molecule has 0 saturated carbocycles. The Morgan fingerprint density at radius 2 is 1.67 bits per heavy atom. The molecule has 0 bridgehead atoms. The van der Waals surface area contributed by atoms with Gasteiger partial charge in [0.2, 0.25) is 17.7 Å². The summed E-state index contributed by atoms with van der Waals surface area (Å²) in [5, 5.41) is 3.36. The van der Waals surface area contributed by atoms with Crippen molar-refractivity contribution in [3.05, 3.63) is 65.7 Å². The first kappa shape index (κ1) is 22.9. The lowest BCUT2D eigenvalue weighted by Gasteiger charge is -2.31. The number of benzene rings is 2. The molecule has 3 saturated heterocycles. The summed E-state index contributed by atoms with van der Waals surface area (Å²) in [5.74, 6) is -2.67. The number of nitrogens with zero attached hydrogens (tertiary/aromatic N) is 3. The second-order valence-corrected chi connectivity index (χ2v) is 9.89. The summed E-state index contributed by atoms with van der Waals surface area (Å²) in [6.45, 7) is 3.79. The summed E-state index contributed by atoms with van der Waals surface area (Å²) in [6, 6.07) is 16.2. The maximum absolute atomic E-state index is 14.2. The molecule has 2 aromatic rings. The molecule has 4 heterocycles. The fourth-order valence-electron chi connectivity index (χ4n) is 6.30. The van der Waals surface area contributed by atoms with Crippen molar-refractivity contribution in [2.75, 3.05) is 37.7 Å². The molecule has 0 aliphatic carbocycles. The van der Waals surface area contributed by atoms with Gasteiger partial charge in [-0.3, -0.25) is 29.4 Å². The average Bonchev–Trinajstić information content (AvgIpc) is 3.44. The lowest BCUT2D eigenvalue weighted by molar-refractivity contribution is -0.143. The number of likely N-dealkylation sites (tertiary alicyclic amines) is 1. The van der Waals surface area contributed by atoms with Gasteiger partial charge in [-0.1, -0.05) is 48.5 Å². The SMILES string of the molecule is C[C@@H]1N[C@]2(C(=O)N(CC(=O)N3CCOCC3)c3ccccc32)[C@H]2C(=O)N(Cc3ccccc3)C(=O)[C@@H]12. The number of carbonyl (C=O) groups is 4. The Balaban J connectivity index is 1.36. The Bertz CT molecular complexity index is 1240. The van der Waals surface area contributed by atoms with Crippen LogP contribution in [0.4, 0.5) is 5.69 Å². The number of ether oxygens (including phenoxy) is 1.